The summed E-state index contributed by atoms with van der Waals surface area (Å²) in [5.74, 6) is 2.36. The molecule has 5 nitrogen and oxygen atoms in total. The van der Waals surface area contributed by atoms with Crippen molar-refractivity contribution in [1.82, 2.24) is 9.55 Å². The van der Waals surface area contributed by atoms with Crippen LogP contribution in [0, 0.1) is 18.3 Å². The zero-order valence-electron chi connectivity index (χ0n) is 29.7. The maximum absolute atomic E-state index is 10.5. The fraction of sp³-hybridized carbons (Fsp3) is 0.250. The van der Waals surface area contributed by atoms with Crippen LogP contribution < -0.4 is 4.57 Å². The molecule has 5 aromatic carbocycles. The van der Waals surface area contributed by atoms with Crippen molar-refractivity contribution in [1.29, 1.82) is 5.26 Å². The molecule has 0 N–H and O–H groups in total. The summed E-state index contributed by atoms with van der Waals surface area (Å²) in [4.78, 5) is 4.79. The van der Waals surface area contributed by atoms with Crippen molar-refractivity contribution >= 4 is 22.1 Å². The molecule has 0 aliphatic carbocycles. The van der Waals surface area contributed by atoms with E-state index in [2.05, 4.69) is 156 Å². The second kappa shape index (κ2) is 12.5. The van der Waals surface area contributed by atoms with Crippen LogP contribution in [0.5, 0.6) is 0 Å². The van der Waals surface area contributed by atoms with E-state index in [1.807, 2.05) is 12.1 Å². The minimum absolute atomic E-state index is 0.187. The molecule has 7 rings (SSSR count). The fourth-order valence-corrected chi connectivity index (χ4v) is 7.07. The Bertz CT molecular complexity index is 2350. The summed E-state index contributed by atoms with van der Waals surface area (Å²) in [5.41, 5.74) is 14.7. The lowest BCUT2D eigenvalue weighted by molar-refractivity contribution is -0.633. The molecule has 0 saturated heterocycles. The van der Waals surface area contributed by atoms with Crippen LogP contribution in [0.1, 0.15) is 87.4 Å². The first-order valence-electron chi connectivity index (χ1n) is 17.3. The van der Waals surface area contributed by atoms with Crippen LogP contribution in [0.25, 0.3) is 61.5 Å². The second-order valence-electron chi connectivity index (χ2n) is 14.1. The van der Waals surface area contributed by atoms with Gasteiger partial charge in [-0.3, -0.25) is 0 Å². The Labute approximate surface area is 289 Å². The summed E-state index contributed by atoms with van der Waals surface area (Å²) >= 11 is 0. The Morgan fingerprint density at radius 1 is 0.714 bits per heavy atom. The SMILES string of the molecule is Cc1cc2nc(C(C)C)oc2cc1-c1n(-c2c(C(C)C)cc(-c3ccc(-c4ccccc4)cc3)cc2C(C)C)c2c(C#N)cccc2[n+]1C. The molecule has 0 aliphatic rings. The Morgan fingerprint density at radius 2 is 1.33 bits per heavy atom. The number of fused-ring (bicyclic) bond motifs is 2. The first kappa shape index (κ1) is 32.1. The van der Waals surface area contributed by atoms with Crippen molar-refractivity contribution in [3.05, 3.63) is 125 Å². The third-order valence-corrected chi connectivity index (χ3v) is 9.70. The van der Waals surface area contributed by atoms with Crippen molar-refractivity contribution in [3.63, 3.8) is 0 Å². The van der Waals surface area contributed by atoms with Gasteiger partial charge in [0.15, 0.2) is 22.5 Å². The summed E-state index contributed by atoms with van der Waals surface area (Å²) < 4.78 is 10.9. The van der Waals surface area contributed by atoms with Crippen LogP contribution in [-0.2, 0) is 7.05 Å². The topological polar surface area (TPSA) is 58.6 Å². The highest BCUT2D eigenvalue weighted by atomic mass is 16.3. The maximum atomic E-state index is 10.5. The van der Waals surface area contributed by atoms with Gasteiger partial charge in [-0.2, -0.15) is 9.83 Å². The van der Waals surface area contributed by atoms with E-state index in [4.69, 9.17) is 9.40 Å². The van der Waals surface area contributed by atoms with E-state index >= 15 is 0 Å². The van der Waals surface area contributed by atoms with Crippen LogP contribution >= 0.6 is 0 Å². The number of para-hydroxylation sites is 1. The smallest absolute Gasteiger partial charge is 0.295 e. The van der Waals surface area contributed by atoms with Crippen molar-refractivity contribution in [2.45, 2.75) is 66.2 Å². The number of nitrogens with zero attached hydrogens (tertiary/aromatic N) is 4. The lowest BCUT2D eigenvalue weighted by Crippen LogP contribution is -2.30. The minimum Gasteiger partial charge on any atom is -0.440 e. The number of benzene rings is 5. The molecule has 49 heavy (non-hydrogen) atoms. The van der Waals surface area contributed by atoms with E-state index in [0.29, 0.717) is 5.56 Å². The summed E-state index contributed by atoms with van der Waals surface area (Å²) in [6, 6.07) is 36.9. The molecule has 0 fully saturated rings. The van der Waals surface area contributed by atoms with Gasteiger partial charge < -0.3 is 4.42 Å². The lowest BCUT2D eigenvalue weighted by Gasteiger charge is -2.21. The number of hydrogen-bond donors (Lipinski definition) is 0. The quantitative estimate of drug-likeness (QED) is 0.162. The van der Waals surface area contributed by atoms with Crippen molar-refractivity contribution in [2.24, 2.45) is 7.05 Å². The zero-order chi connectivity index (χ0) is 34.6. The monoisotopic (exact) mass is 643 g/mol. The largest absolute Gasteiger partial charge is 0.440 e. The molecule has 244 valence electrons. The average Bonchev–Trinajstić information content (AvgIpc) is 3.65. The van der Waals surface area contributed by atoms with Gasteiger partial charge >= 0.3 is 0 Å². The molecule has 0 bridgehead atoms. The molecular formula is C44H43N4O+. The first-order chi connectivity index (χ1) is 23.6. The Balaban J connectivity index is 1.53. The first-order valence-corrected chi connectivity index (χ1v) is 17.3. The molecule has 2 heterocycles. The normalized spacial score (nSPS) is 11.8. The molecule has 0 aliphatic heterocycles. The lowest BCUT2D eigenvalue weighted by atomic mass is 9.87. The molecule has 5 heteroatoms. The third-order valence-electron chi connectivity index (χ3n) is 9.70. The van der Waals surface area contributed by atoms with Crippen molar-refractivity contribution in [3.8, 4) is 45.4 Å². The number of nitriles is 1. The van der Waals surface area contributed by atoms with Gasteiger partial charge in [-0.25, -0.2) is 9.55 Å². The Morgan fingerprint density at radius 3 is 1.92 bits per heavy atom. The number of aromatic nitrogens is 3. The van der Waals surface area contributed by atoms with Crippen LogP contribution in [0.4, 0.5) is 0 Å². The van der Waals surface area contributed by atoms with Crippen LogP contribution in [0.15, 0.2) is 101 Å². The number of hydrogen-bond acceptors (Lipinski definition) is 3. The van der Waals surface area contributed by atoms with Gasteiger partial charge in [-0.05, 0) is 83.0 Å². The summed E-state index contributed by atoms with van der Waals surface area (Å²) in [6.45, 7) is 15.4. The van der Waals surface area contributed by atoms with E-state index < -0.39 is 0 Å². The van der Waals surface area contributed by atoms with Crippen molar-refractivity contribution in [2.75, 3.05) is 0 Å². The molecule has 0 atom stereocenters. The summed E-state index contributed by atoms with van der Waals surface area (Å²) in [7, 11) is 2.10. The highest BCUT2D eigenvalue weighted by molar-refractivity contribution is 5.88. The molecule has 0 saturated carbocycles. The van der Waals surface area contributed by atoms with E-state index in [0.717, 1.165) is 50.7 Å². The molecule has 2 aromatic heterocycles. The van der Waals surface area contributed by atoms with E-state index in [1.165, 1.54) is 33.4 Å². The van der Waals surface area contributed by atoms with Gasteiger partial charge in [-0.15, -0.1) is 0 Å². The van der Waals surface area contributed by atoms with Gasteiger partial charge in [0.05, 0.1) is 12.6 Å². The van der Waals surface area contributed by atoms with E-state index in [1.54, 1.807) is 0 Å². The number of aryl methyl sites for hydroxylation is 2. The molecule has 0 amide bonds. The molecule has 0 unspecified atom stereocenters. The van der Waals surface area contributed by atoms with Crippen LogP contribution in [0.3, 0.4) is 0 Å². The summed E-state index contributed by atoms with van der Waals surface area (Å²) in [6.07, 6.45) is 0. The van der Waals surface area contributed by atoms with Crippen LogP contribution in [-0.4, -0.2) is 9.55 Å². The average molecular weight is 644 g/mol. The minimum atomic E-state index is 0.187. The van der Waals surface area contributed by atoms with Gasteiger partial charge in [0, 0.05) is 17.0 Å². The molecular weight excluding hydrogens is 601 g/mol. The summed E-state index contributed by atoms with van der Waals surface area (Å²) in [5, 5.41) is 10.5. The number of rotatable bonds is 7. The molecule has 0 spiro atoms. The molecule has 0 radical (unpaired) electrons. The van der Waals surface area contributed by atoms with Gasteiger partial charge in [-0.1, -0.05) is 102 Å². The standard InChI is InChI=1S/C44H43N4O/c1-26(2)35-22-34(32-19-17-31(18-20-32)30-13-10-9-11-14-30)23-36(27(3)4)42(35)48-41-33(25-45)15-12-16-39(41)47(8)44(48)37-24-40-38(21-29(37)7)46-43(49-40)28(5)6/h9-24,26-28H,1-8H3/q+1. The Kier molecular flexibility index (Phi) is 8.20. The van der Waals surface area contributed by atoms with E-state index in [9.17, 15) is 5.26 Å². The van der Waals surface area contributed by atoms with Crippen LogP contribution in [0.2, 0.25) is 0 Å². The van der Waals surface area contributed by atoms with Gasteiger partial charge in [0.1, 0.15) is 22.8 Å². The van der Waals surface area contributed by atoms with Crippen molar-refractivity contribution < 1.29 is 8.98 Å². The van der Waals surface area contributed by atoms with Gasteiger partial charge in [0.25, 0.3) is 5.82 Å². The number of imidazole rings is 1. The second-order valence-corrected chi connectivity index (χ2v) is 14.1. The predicted molar refractivity (Wildman–Crippen MR) is 200 cm³/mol. The zero-order valence-corrected chi connectivity index (χ0v) is 29.7. The van der Waals surface area contributed by atoms with Gasteiger partial charge in [0.2, 0.25) is 0 Å². The third kappa shape index (κ3) is 5.52. The highest BCUT2D eigenvalue weighted by Crippen LogP contribution is 2.41. The predicted octanol–water partition coefficient (Wildman–Crippen LogP) is 11.1. The molecule has 7 aromatic rings. The maximum Gasteiger partial charge on any atom is 0.295 e. The van der Waals surface area contributed by atoms with E-state index in [-0.39, 0.29) is 17.8 Å². The fourth-order valence-electron chi connectivity index (χ4n) is 7.07. The Hall–Kier alpha value is -5.47. The highest BCUT2D eigenvalue weighted by Gasteiger charge is 2.34. The number of oxazole rings is 1.